The van der Waals surface area contributed by atoms with Crippen LogP contribution >= 0.6 is 0 Å². The van der Waals surface area contributed by atoms with E-state index in [4.69, 9.17) is 0 Å². The van der Waals surface area contributed by atoms with Crippen LogP contribution in [0.15, 0.2) is 16.3 Å². The average Bonchev–Trinajstić information content (AvgIpc) is 3.15. The number of nitrogens with one attached hydrogen (secondary N) is 1. The molecule has 0 bridgehead atoms. The summed E-state index contributed by atoms with van der Waals surface area (Å²) in [6.07, 6.45) is 2.59. The van der Waals surface area contributed by atoms with E-state index < -0.39 is 10.0 Å². The molecular formula is C14H23N3O2S. The molecule has 0 aromatic heterocycles. The molecule has 2 aliphatic heterocycles. The first-order valence-electron chi connectivity index (χ1n) is 7.38. The second-order valence-corrected chi connectivity index (χ2v) is 8.30. The van der Waals surface area contributed by atoms with Crippen molar-refractivity contribution in [1.29, 1.82) is 0 Å². The van der Waals surface area contributed by atoms with E-state index in [1.165, 1.54) is 11.3 Å². The molecule has 1 saturated heterocycles. The lowest BCUT2D eigenvalue weighted by molar-refractivity contribution is 0.479. The summed E-state index contributed by atoms with van der Waals surface area (Å²) < 4.78 is 26.6. The number of hydrogen-bond acceptors (Lipinski definition) is 4. The van der Waals surface area contributed by atoms with Gasteiger partial charge in [0.1, 0.15) is 5.84 Å². The number of fused-ring (bicyclic) bond motifs is 1. The fourth-order valence-corrected chi connectivity index (χ4v) is 4.53. The largest absolute Gasteiger partial charge is 0.334 e. The predicted octanol–water partition coefficient (Wildman–Crippen LogP) is 1.48. The smallest absolute Gasteiger partial charge is 0.214 e. The van der Waals surface area contributed by atoms with Crippen LogP contribution in [-0.2, 0) is 10.0 Å². The molecule has 2 heterocycles. The summed E-state index contributed by atoms with van der Waals surface area (Å²) in [5.41, 5.74) is 2.67. The van der Waals surface area contributed by atoms with Crippen LogP contribution in [0.1, 0.15) is 40.0 Å². The fraction of sp³-hybridized carbons (Fsp3) is 0.786. The van der Waals surface area contributed by atoms with E-state index in [1.54, 1.807) is 0 Å². The summed E-state index contributed by atoms with van der Waals surface area (Å²) >= 11 is 0. The maximum Gasteiger partial charge on any atom is 0.214 e. The Hall–Kier alpha value is -0.880. The minimum atomic E-state index is -3.06. The lowest BCUT2D eigenvalue weighted by Crippen LogP contribution is -2.35. The highest BCUT2D eigenvalue weighted by atomic mass is 32.2. The minimum Gasteiger partial charge on any atom is -0.334 e. The van der Waals surface area contributed by atoms with Gasteiger partial charge in [0.25, 0.3) is 0 Å². The van der Waals surface area contributed by atoms with Gasteiger partial charge < -0.3 is 4.90 Å². The molecule has 112 valence electrons. The summed E-state index contributed by atoms with van der Waals surface area (Å²) in [5.74, 6) is 1.41. The van der Waals surface area contributed by atoms with Gasteiger partial charge in [-0.2, -0.15) is 0 Å². The van der Waals surface area contributed by atoms with Crippen molar-refractivity contribution < 1.29 is 8.42 Å². The number of aliphatic imine (C=N–C) groups is 1. The third-order valence-electron chi connectivity index (χ3n) is 4.64. The van der Waals surface area contributed by atoms with Crippen molar-refractivity contribution in [3.8, 4) is 0 Å². The Morgan fingerprint density at radius 2 is 2.05 bits per heavy atom. The molecule has 1 saturated carbocycles. The van der Waals surface area contributed by atoms with Crippen LogP contribution in [0.25, 0.3) is 0 Å². The number of nitrogens with zero attached hydrogens (tertiary/aromatic N) is 2. The summed E-state index contributed by atoms with van der Waals surface area (Å²) in [6, 6.07) is 0.253. The molecule has 5 nitrogen and oxygen atoms in total. The first-order chi connectivity index (χ1) is 9.38. The molecule has 6 heteroatoms. The maximum absolute atomic E-state index is 11.9. The van der Waals surface area contributed by atoms with Crippen molar-refractivity contribution >= 4 is 15.9 Å². The Labute approximate surface area is 121 Å². The molecule has 1 N–H and O–H groups in total. The van der Waals surface area contributed by atoms with E-state index in [0.717, 1.165) is 31.6 Å². The third kappa shape index (κ3) is 2.51. The Balaban J connectivity index is 1.66. The highest BCUT2D eigenvalue weighted by molar-refractivity contribution is 7.90. The third-order valence-corrected chi connectivity index (χ3v) is 6.56. The summed E-state index contributed by atoms with van der Waals surface area (Å²) in [4.78, 5) is 6.89. The lowest BCUT2D eigenvalue weighted by Gasteiger charge is -2.28. The fourth-order valence-electron chi connectivity index (χ4n) is 3.07. The number of hydrogen-bond donors (Lipinski definition) is 1. The number of rotatable bonds is 4. The monoisotopic (exact) mass is 297 g/mol. The Morgan fingerprint density at radius 1 is 1.35 bits per heavy atom. The Morgan fingerprint density at radius 3 is 2.70 bits per heavy atom. The van der Waals surface area contributed by atoms with Gasteiger partial charge in [-0.25, -0.2) is 13.1 Å². The number of amidine groups is 1. The van der Waals surface area contributed by atoms with E-state index in [2.05, 4.69) is 28.5 Å². The van der Waals surface area contributed by atoms with Crippen LogP contribution in [0.5, 0.6) is 0 Å². The SMILES string of the molecule is CC1=N[C@@H](C)C(C)=C2CC(CNS(=O)(=O)C3CC3)CN12. The van der Waals surface area contributed by atoms with Crippen molar-refractivity contribution in [2.45, 2.75) is 51.3 Å². The van der Waals surface area contributed by atoms with Crippen LogP contribution in [0.2, 0.25) is 0 Å². The molecule has 3 rings (SSSR count). The molecule has 1 unspecified atom stereocenters. The first-order valence-corrected chi connectivity index (χ1v) is 8.93. The molecule has 3 aliphatic rings. The lowest BCUT2D eigenvalue weighted by atomic mass is 10.0. The first kappa shape index (κ1) is 14.1. The number of sulfonamides is 1. The quantitative estimate of drug-likeness (QED) is 0.855. The number of allylic oxidation sites excluding steroid dienone is 1. The zero-order valence-electron chi connectivity index (χ0n) is 12.4. The van der Waals surface area contributed by atoms with E-state index in [1.807, 2.05) is 6.92 Å². The van der Waals surface area contributed by atoms with E-state index in [9.17, 15) is 8.42 Å². The maximum atomic E-state index is 11.9. The molecule has 20 heavy (non-hydrogen) atoms. The van der Waals surface area contributed by atoms with E-state index in [-0.39, 0.29) is 11.3 Å². The van der Waals surface area contributed by atoms with E-state index in [0.29, 0.717) is 12.5 Å². The topological polar surface area (TPSA) is 61.8 Å². The van der Waals surface area contributed by atoms with Crippen molar-refractivity contribution in [2.24, 2.45) is 10.9 Å². The van der Waals surface area contributed by atoms with Crippen molar-refractivity contribution in [2.75, 3.05) is 13.1 Å². The van der Waals surface area contributed by atoms with Crippen molar-refractivity contribution in [3.05, 3.63) is 11.3 Å². The van der Waals surface area contributed by atoms with Gasteiger partial charge in [-0.3, -0.25) is 4.99 Å². The van der Waals surface area contributed by atoms with Crippen LogP contribution in [0.3, 0.4) is 0 Å². The summed E-state index contributed by atoms with van der Waals surface area (Å²) in [5, 5.41) is -0.129. The van der Waals surface area contributed by atoms with Crippen LogP contribution < -0.4 is 4.72 Å². The van der Waals surface area contributed by atoms with E-state index >= 15 is 0 Å². The molecule has 1 aliphatic carbocycles. The molecule has 0 radical (unpaired) electrons. The zero-order valence-corrected chi connectivity index (χ0v) is 13.2. The van der Waals surface area contributed by atoms with Crippen LogP contribution in [0, 0.1) is 5.92 Å². The van der Waals surface area contributed by atoms with Crippen molar-refractivity contribution in [3.63, 3.8) is 0 Å². The predicted molar refractivity (Wildman–Crippen MR) is 80.0 cm³/mol. The van der Waals surface area contributed by atoms with Crippen LogP contribution in [0.4, 0.5) is 0 Å². The molecular weight excluding hydrogens is 274 g/mol. The molecule has 2 fully saturated rings. The van der Waals surface area contributed by atoms with Gasteiger partial charge in [0, 0.05) is 18.8 Å². The standard InChI is InChI=1S/C14H23N3O2S/c1-9-10(2)16-11(3)17-8-12(6-14(9)17)7-15-20(18,19)13-4-5-13/h10,12-13,15H,4-8H2,1-3H3/t10-,12?/m0/s1. The van der Waals surface area contributed by atoms with Crippen LogP contribution in [-0.4, -0.2) is 43.5 Å². The molecule has 0 aromatic carbocycles. The Bertz CT molecular complexity index is 575. The Kier molecular flexibility index (Phi) is 3.41. The van der Waals surface area contributed by atoms with Crippen molar-refractivity contribution in [1.82, 2.24) is 9.62 Å². The molecule has 0 amide bonds. The van der Waals surface area contributed by atoms with Gasteiger partial charge in [-0.15, -0.1) is 0 Å². The van der Waals surface area contributed by atoms with Gasteiger partial charge in [0.15, 0.2) is 0 Å². The zero-order chi connectivity index (χ0) is 14.5. The van der Waals surface area contributed by atoms with Gasteiger partial charge in [0.2, 0.25) is 10.0 Å². The molecule has 0 aromatic rings. The summed E-state index contributed by atoms with van der Waals surface area (Å²) in [6.45, 7) is 7.72. The highest BCUT2D eigenvalue weighted by Gasteiger charge is 2.37. The van der Waals surface area contributed by atoms with Gasteiger partial charge in [-0.1, -0.05) is 0 Å². The highest BCUT2D eigenvalue weighted by Crippen LogP contribution is 2.34. The second-order valence-electron chi connectivity index (χ2n) is 6.26. The second kappa shape index (κ2) is 4.84. The summed E-state index contributed by atoms with van der Waals surface area (Å²) in [7, 11) is -3.06. The average molecular weight is 297 g/mol. The van der Waals surface area contributed by atoms with Gasteiger partial charge in [0.05, 0.1) is 11.3 Å². The normalized spacial score (nSPS) is 30.6. The molecule has 0 spiro atoms. The van der Waals surface area contributed by atoms with Gasteiger partial charge >= 0.3 is 0 Å². The van der Waals surface area contributed by atoms with Gasteiger partial charge in [-0.05, 0) is 51.5 Å². The molecule has 2 atom stereocenters. The minimum absolute atomic E-state index is 0.129.